The summed E-state index contributed by atoms with van der Waals surface area (Å²) in [6.07, 6.45) is 6.79. The molecule has 0 bridgehead atoms. The molecule has 0 saturated carbocycles. The molecule has 0 aromatic carbocycles. The molecule has 0 aromatic heterocycles. The first-order valence-corrected chi connectivity index (χ1v) is 6.81. The zero-order valence-electron chi connectivity index (χ0n) is 11.5. The van der Waals surface area contributed by atoms with Gasteiger partial charge in [-0.1, -0.05) is 47.5 Å². The molecule has 1 heteroatoms. The Morgan fingerprint density at radius 2 is 1.80 bits per heavy atom. The zero-order chi connectivity index (χ0) is 11.7. The van der Waals surface area contributed by atoms with Gasteiger partial charge in [-0.25, -0.2) is 0 Å². The van der Waals surface area contributed by atoms with E-state index in [1.54, 1.807) is 0 Å². The molecule has 1 unspecified atom stereocenters. The Balaban J connectivity index is 4.30. The van der Waals surface area contributed by atoms with Crippen molar-refractivity contribution in [3.63, 3.8) is 0 Å². The van der Waals surface area contributed by atoms with Gasteiger partial charge in [-0.05, 0) is 37.1 Å². The van der Waals surface area contributed by atoms with E-state index < -0.39 is 0 Å². The van der Waals surface area contributed by atoms with Gasteiger partial charge in [0.15, 0.2) is 0 Å². The fourth-order valence-electron chi connectivity index (χ4n) is 2.52. The molecule has 0 aliphatic heterocycles. The lowest BCUT2D eigenvalue weighted by Crippen LogP contribution is -2.35. The van der Waals surface area contributed by atoms with Gasteiger partial charge >= 0.3 is 0 Å². The third-order valence-corrected chi connectivity index (χ3v) is 3.40. The molecule has 0 aliphatic rings. The Hall–Kier alpha value is -0.0400. The normalized spacial score (nSPS) is 15.6. The van der Waals surface area contributed by atoms with Crippen LogP contribution in [0.2, 0.25) is 0 Å². The number of rotatable bonds is 9. The van der Waals surface area contributed by atoms with Crippen molar-refractivity contribution in [2.45, 2.75) is 66.7 Å². The van der Waals surface area contributed by atoms with Crippen LogP contribution in [0.25, 0.3) is 0 Å². The van der Waals surface area contributed by atoms with Crippen LogP contribution in [-0.4, -0.2) is 13.1 Å². The fourth-order valence-corrected chi connectivity index (χ4v) is 2.52. The van der Waals surface area contributed by atoms with Crippen LogP contribution in [0.3, 0.4) is 0 Å². The van der Waals surface area contributed by atoms with Crippen molar-refractivity contribution >= 4 is 0 Å². The van der Waals surface area contributed by atoms with Crippen LogP contribution in [0.5, 0.6) is 0 Å². The maximum Gasteiger partial charge on any atom is 0.000769 e. The van der Waals surface area contributed by atoms with Crippen molar-refractivity contribution in [3.8, 4) is 0 Å². The van der Waals surface area contributed by atoms with Crippen molar-refractivity contribution in [2.24, 2.45) is 11.3 Å². The first-order chi connectivity index (χ1) is 7.10. The summed E-state index contributed by atoms with van der Waals surface area (Å²) in [4.78, 5) is 0. The molecular weight excluding hydrogens is 182 g/mol. The van der Waals surface area contributed by atoms with Crippen LogP contribution in [-0.2, 0) is 0 Å². The minimum absolute atomic E-state index is 0.556. The second kappa shape index (κ2) is 8.15. The first-order valence-electron chi connectivity index (χ1n) is 6.81. The van der Waals surface area contributed by atoms with E-state index >= 15 is 0 Å². The summed E-state index contributed by atoms with van der Waals surface area (Å²) >= 11 is 0. The molecule has 0 saturated heterocycles. The molecule has 1 atom stereocenters. The molecule has 0 aliphatic carbocycles. The molecule has 1 N–H and O–H groups in total. The predicted octanol–water partition coefficient (Wildman–Crippen LogP) is 4.23. The van der Waals surface area contributed by atoms with Crippen LogP contribution in [0.4, 0.5) is 0 Å². The molecule has 0 aromatic rings. The Kier molecular flexibility index (Phi) is 8.13. The van der Waals surface area contributed by atoms with Crippen LogP contribution in [0.1, 0.15) is 66.7 Å². The van der Waals surface area contributed by atoms with Gasteiger partial charge in [-0.3, -0.25) is 0 Å². The highest BCUT2D eigenvalue weighted by atomic mass is 14.9. The van der Waals surface area contributed by atoms with E-state index in [0.29, 0.717) is 5.41 Å². The number of hydrogen-bond donors (Lipinski definition) is 1. The minimum atomic E-state index is 0.556. The maximum atomic E-state index is 3.55. The SMILES string of the molecule is CCCCC(CC)(CNCC)CC(C)C. The van der Waals surface area contributed by atoms with Crippen LogP contribution in [0.15, 0.2) is 0 Å². The van der Waals surface area contributed by atoms with E-state index in [0.717, 1.165) is 12.5 Å². The Morgan fingerprint density at radius 3 is 2.20 bits per heavy atom. The number of hydrogen-bond acceptors (Lipinski definition) is 1. The highest BCUT2D eigenvalue weighted by molar-refractivity contribution is 4.81. The third kappa shape index (κ3) is 6.19. The largest absolute Gasteiger partial charge is 0.316 e. The topological polar surface area (TPSA) is 12.0 Å². The smallest absolute Gasteiger partial charge is 0.000769 e. The molecule has 92 valence electrons. The molecule has 1 nitrogen and oxygen atoms in total. The van der Waals surface area contributed by atoms with Gasteiger partial charge < -0.3 is 5.32 Å². The van der Waals surface area contributed by atoms with E-state index in [4.69, 9.17) is 0 Å². The van der Waals surface area contributed by atoms with Crippen LogP contribution >= 0.6 is 0 Å². The fraction of sp³-hybridized carbons (Fsp3) is 1.00. The van der Waals surface area contributed by atoms with Gasteiger partial charge in [0, 0.05) is 6.54 Å². The number of unbranched alkanes of at least 4 members (excludes halogenated alkanes) is 1. The summed E-state index contributed by atoms with van der Waals surface area (Å²) in [7, 11) is 0. The Bertz CT molecular complexity index is 132. The standard InChI is InChI=1S/C14H31N/c1-6-9-10-14(7-2,11-13(4)5)12-15-8-3/h13,15H,6-12H2,1-5H3. The monoisotopic (exact) mass is 213 g/mol. The van der Waals surface area contributed by atoms with Gasteiger partial charge in [-0.2, -0.15) is 0 Å². The van der Waals surface area contributed by atoms with E-state index in [1.807, 2.05) is 0 Å². The summed E-state index contributed by atoms with van der Waals surface area (Å²) < 4.78 is 0. The van der Waals surface area contributed by atoms with E-state index in [-0.39, 0.29) is 0 Å². The zero-order valence-corrected chi connectivity index (χ0v) is 11.5. The average molecular weight is 213 g/mol. The molecule has 0 amide bonds. The van der Waals surface area contributed by atoms with Gasteiger partial charge in [0.25, 0.3) is 0 Å². The molecular formula is C14H31N. The van der Waals surface area contributed by atoms with Crippen molar-refractivity contribution in [1.29, 1.82) is 0 Å². The molecule has 0 radical (unpaired) electrons. The van der Waals surface area contributed by atoms with Crippen LogP contribution in [0, 0.1) is 11.3 Å². The minimum Gasteiger partial charge on any atom is -0.316 e. The van der Waals surface area contributed by atoms with E-state index in [2.05, 4.69) is 39.9 Å². The van der Waals surface area contributed by atoms with Crippen molar-refractivity contribution < 1.29 is 0 Å². The van der Waals surface area contributed by atoms with Crippen molar-refractivity contribution in [2.75, 3.05) is 13.1 Å². The second-order valence-electron chi connectivity index (χ2n) is 5.34. The summed E-state index contributed by atoms with van der Waals surface area (Å²) in [6.45, 7) is 13.9. The van der Waals surface area contributed by atoms with Gasteiger partial charge in [0.05, 0.1) is 0 Å². The third-order valence-electron chi connectivity index (χ3n) is 3.40. The summed E-state index contributed by atoms with van der Waals surface area (Å²) in [5.41, 5.74) is 0.556. The second-order valence-corrected chi connectivity index (χ2v) is 5.34. The summed E-state index contributed by atoms with van der Waals surface area (Å²) in [5, 5.41) is 3.55. The molecule has 0 heterocycles. The average Bonchev–Trinajstić information content (AvgIpc) is 2.22. The van der Waals surface area contributed by atoms with Crippen molar-refractivity contribution in [1.82, 2.24) is 5.32 Å². The number of nitrogens with one attached hydrogen (secondary N) is 1. The summed E-state index contributed by atoms with van der Waals surface area (Å²) in [5.74, 6) is 0.820. The molecule has 0 spiro atoms. The first kappa shape index (κ1) is 15.0. The highest BCUT2D eigenvalue weighted by Crippen LogP contribution is 2.35. The summed E-state index contributed by atoms with van der Waals surface area (Å²) in [6, 6.07) is 0. The lowest BCUT2D eigenvalue weighted by molar-refractivity contribution is 0.186. The van der Waals surface area contributed by atoms with E-state index in [1.165, 1.54) is 38.6 Å². The molecule has 15 heavy (non-hydrogen) atoms. The highest BCUT2D eigenvalue weighted by Gasteiger charge is 2.27. The van der Waals surface area contributed by atoms with Gasteiger partial charge in [0.2, 0.25) is 0 Å². The van der Waals surface area contributed by atoms with Gasteiger partial charge in [0.1, 0.15) is 0 Å². The van der Waals surface area contributed by atoms with Crippen LogP contribution < -0.4 is 5.32 Å². The Morgan fingerprint density at radius 1 is 1.13 bits per heavy atom. The Labute approximate surface area is 97.0 Å². The quantitative estimate of drug-likeness (QED) is 0.604. The van der Waals surface area contributed by atoms with Gasteiger partial charge in [-0.15, -0.1) is 0 Å². The predicted molar refractivity (Wildman–Crippen MR) is 70.2 cm³/mol. The molecule has 0 rings (SSSR count). The maximum absolute atomic E-state index is 3.55. The van der Waals surface area contributed by atoms with Crippen molar-refractivity contribution in [3.05, 3.63) is 0 Å². The van der Waals surface area contributed by atoms with E-state index in [9.17, 15) is 0 Å². The lowest BCUT2D eigenvalue weighted by Gasteiger charge is -2.35. The lowest BCUT2D eigenvalue weighted by atomic mass is 9.74. The molecule has 0 fully saturated rings.